The van der Waals surface area contributed by atoms with Gasteiger partial charge in [0.05, 0.1) is 11.6 Å². The van der Waals surface area contributed by atoms with Crippen molar-refractivity contribution in [3.8, 4) is 11.8 Å². The standard InChI is InChI=1S/C17H22FNO4S/c1-13(2)16(17(20)21)19-24(22,23)15-10-8-14(9-11-15)7-5-3-4-6-12-18/h8-11,13,16,19H,3-4,6,12H2,1-2H3,(H,20,21). The third-order valence-electron chi connectivity index (χ3n) is 3.30. The largest absolute Gasteiger partial charge is 0.480 e. The van der Waals surface area contributed by atoms with Crippen molar-refractivity contribution in [3.63, 3.8) is 0 Å². The number of benzene rings is 1. The number of carboxylic acids is 1. The zero-order valence-corrected chi connectivity index (χ0v) is 14.6. The molecule has 0 aliphatic heterocycles. The number of carbonyl (C=O) groups is 1. The molecule has 0 aliphatic rings. The summed E-state index contributed by atoms with van der Waals surface area (Å²) < 4.78 is 38.6. The molecule has 5 nitrogen and oxygen atoms in total. The van der Waals surface area contributed by atoms with Crippen LogP contribution in [0.5, 0.6) is 0 Å². The molecule has 0 saturated heterocycles. The van der Waals surface area contributed by atoms with E-state index in [0.717, 1.165) is 0 Å². The number of nitrogens with one attached hydrogen (secondary N) is 1. The Morgan fingerprint density at radius 2 is 1.88 bits per heavy atom. The number of carboxylic acid groups (broad SMARTS) is 1. The first kappa shape index (κ1) is 20.1. The minimum Gasteiger partial charge on any atom is -0.480 e. The molecule has 7 heteroatoms. The minimum absolute atomic E-state index is 0.0163. The molecule has 1 unspecified atom stereocenters. The normalized spacial score (nSPS) is 12.5. The fraction of sp³-hybridized carbons (Fsp3) is 0.471. The highest BCUT2D eigenvalue weighted by Gasteiger charge is 2.27. The number of aliphatic carboxylic acids is 1. The van der Waals surface area contributed by atoms with Crippen molar-refractivity contribution < 1.29 is 22.7 Å². The fourth-order valence-corrected chi connectivity index (χ4v) is 3.23. The monoisotopic (exact) mass is 355 g/mol. The average molecular weight is 355 g/mol. The predicted molar refractivity (Wildman–Crippen MR) is 89.7 cm³/mol. The smallest absolute Gasteiger partial charge is 0.322 e. The van der Waals surface area contributed by atoms with E-state index in [2.05, 4.69) is 16.6 Å². The second-order valence-electron chi connectivity index (χ2n) is 5.65. The Hall–Kier alpha value is -1.91. The lowest BCUT2D eigenvalue weighted by Gasteiger charge is -2.17. The molecule has 2 N–H and O–H groups in total. The molecule has 0 saturated carbocycles. The van der Waals surface area contributed by atoms with E-state index >= 15 is 0 Å². The molecule has 0 aliphatic carbocycles. The van der Waals surface area contributed by atoms with Crippen LogP contribution < -0.4 is 4.72 Å². The molecule has 0 radical (unpaired) electrons. The van der Waals surface area contributed by atoms with Gasteiger partial charge in [0.1, 0.15) is 6.04 Å². The zero-order valence-electron chi connectivity index (χ0n) is 13.8. The number of unbranched alkanes of at least 4 members (excludes halogenated alkanes) is 2. The minimum atomic E-state index is -3.92. The van der Waals surface area contributed by atoms with Gasteiger partial charge in [0, 0.05) is 12.0 Å². The lowest BCUT2D eigenvalue weighted by Crippen LogP contribution is -2.44. The van der Waals surface area contributed by atoms with Crippen LogP contribution in [0.1, 0.15) is 38.7 Å². The molecule has 0 spiro atoms. The Bertz CT molecular complexity index is 702. The van der Waals surface area contributed by atoms with Crippen molar-refractivity contribution in [3.05, 3.63) is 29.8 Å². The first-order valence-corrected chi connectivity index (χ1v) is 9.16. The topological polar surface area (TPSA) is 83.5 Å². The number of hydrogen-bond donors (Lipinski definition) is 2. The third kappa shape index (κ3) is 6.30. The van der Waals surface area contributed by atoms with Crippen LogP contribution in [-0.4, -0.2) is 32.2 Å². The van der Waals surface area contributed by atoms with Crippen molar-refractivity contribution in [2.75, 3.05) is 6.67 Å². The van der Waals surface area contributed by atoms with E-state index in [1.165, 1.54) is 12.1 Å². The van der Waals surface area contributed by atoms with Gasteiger partial charge in [0.25, 0.3) is 0 Å². The quantitative estimate of drug-likeness (QED) is 0.554. The van der Waals surface area contributed by atoms with E-state index in [9.17, 15) is 17.6 Å². The Morgan fingerprint density at radius 3 is 2.38 bits per heavy atom. The molecule has 0 aromatic heterocycles. The van der Waals surface area contributed by atoms with Crippen molar-refractivity contribution in [1.29, 1.82) is 0 Å². The molecule has 132 valence electrons. The third-order valence-corrected chi connectivity index (χ3v) is 4.75. The van der Waals surface area contributed by atoms with Gasteiger partial charge in [-0.3, -0.25) is 9.18 Å². The number of rotatable bonds is 8. The van der Waals surface area contributed by atoms with E-state index < -0.39 is 22.0 Å². The molecular weight excluding hydrogens is 333 g/mol. The molecule has 24 heavy (non-hydrogen) atoms. The van der Waals surface area contributed by atoms with Crippen molar-refractivity contribution in [2.24, 2.45) is 5.92 Å². The summed E-state index contributed by atoms with van der Waals surface area (Å²) in [5, 5.41) is 9.09. The van der Waals surface area contributed by atoms with E-state index in [1.54, 1.807) is 26.0 Å². The van der Waals surface area contributed by atoms with E-state index in [-0.39, 0.29) is 17.5 Å². The molecule has 1 atom stereocenters. The van der Waals surface area contributed by atoms with Crippen molar-refractivity contribution >= 4 is 16.0 Å². The van der Waals surface area contributed by atoms with Crippen LogP contribution in [0, 0.1) is 17.8 Å². The number of alkyl halides is 1. The first-order valence-electron chi connectivity index (χ1n) is 7.68. The maximum absolute atomic E-state index is 12.2. The molecule has 1 rings (SSSR count). The van der Waals surface area contributed by atoms with Crippen molar-refractivity contribution in [2.45, 2.75) is 44.0 Å². The van der Waals surface area contributed by atoms with Gasteiger partial charge in [-0.05, 0) is 43.0 Å². The Balaban J connectivity index is 2.81. The van der Waals surface area contributed by atoms with Gasteiger partial charge in [-0.25, -0.2) is 8.42 Å². The van der Waals surface area contributed by atoms with E-state index in [0.29, 0.717) is 24.8 Å². The van der Waals surface area contributed by atoms with Crippen LogP contribution in [0.3, 0.4) is 0 Å². The van der Waals surface area contributed by atoms with Gasteiger partial charge < -0.3 is 5.11 Å². The number of sulfonamides is 1. The summed E-state index contributed by atoms with van der Waals surface area (Å²) in [6.45, 7) is 2.90. The summed E-state index contributed by atoms with van der Waals surface area (Å²) in [6, 6.07) is 4.69. The Labute approximate surface area is 142 Å². The van der Waals surface area contributed by atoms with Gasteiger partial charge in [-0.1, -0.05) is 25.7 Å². The maximum Gasteiger partial charge on any atom is 0.322 e. The highest BCUT2D eigenvalue weighted by atomic mass is 32.2. The summed E-state index contributed by atoms with van der Waals surface area (Å²) in [7, 11) is -3.92. The van der Waals surface area contributed by atoms with E-state index in [4.69, 9.17) is 5.11 Å². The summed E-state index contributed by atoms with van der Waals surface area (Å²) in [5.74, 6) is 4.17. The van der Waals surface area contributed by atoms with Crippen molar-refractivity contribution in [1.82, 2.24) is 4.72 Å². The lowest BCUT2D eigenvalue weighted by molar-refractivity contribution is -0.140. The molecule has 0 heterocycles. The second-order valence-corrected chi connectivity index (χ2v) is 7.37. The fourth-order valence-electron chi connectivity index (χ4n) is 1.90. The van der Waals surface area contributed by atoms with Crippen LogP contribution >= 0.6 is 0 Å². The van der Waals surface area contributed by atoms with Gasteiger partial charge >= 0.3 is 5.97 Å². The number of halogens is 1. The van der Waals surface area contributed by atoms with Crippen LogP contribution in [-0.2, 0) is 14.8 Å². The molecule has 0 fully saturated rings. The van der Waals surface area contributed by atoms with Gasteiger partial charge in [0.2, 0.25) is 10.0 Å². The highest BCUT2D eigenvalue weighted by Crippen LogP contribution is 2.13. The van der Waals surface area contributed by atoms with E-state index in [1.807, 2.05) is 0 Å². The zero-order chi connectivity index (χ0) is 18.2. The summed E-state index contributed by atoms with van der Waals surface area (Å²) >= 11 is 0. The van der Waals surface area contributed by atoms with Crippen LogP contribution in [0.4, 0.5) is 4.39 Å². The lowest BCUT2D eigenvalue weighted by atomic mass is 10.1. The molecule has 1 aromatic rings. The van der Waals surface area contributed by atoms with Crippen LogP contribution in [0.25, 0.3) is 0 Å². The Morgan fingerprint density at radius 1 is 1.25 bits per heavy atom. The summed E-state index contributed by atoms with van der Waals surface area (Å²) in [5.41, 5.74) is 0.646. The van der Waals surface area contributed by atoms with Crippen LogP contribution in [0.2, 0.25) is 0 Å². The maximum atomic E-state index is 12.2. The van der Waals surface area contributed by atoms with Gasteiger partial charge in [-0.15, -0.1) is 0 Å². The molecule has 0 bridgehead atoms. The number of hydrogen-bond acceptors (Lipinski definition) is 3. The van der Waals surface area contributed by atoms with Crippen LogP contribution in [0.15, 0.2) is 29.2 Å². The summed E-state index contributed by atoms with van der Waals surface area (Å²) in [4.78, 5) is 11.1. The van der Waals surface area contributed by atoms with Gasteiger partial charge in [0.15, 0.2) is 0 Å². The molecular formula is C17H22FNO4S. The Kier molecular flexibility index (Phi) is 7.89. The predicted octanol–water partition coefficient (Wildman–Crippen LogP) is 2.57. The van der Waals surface area contributed by atoms with Gasteiger partial charge in [-0.2, -0.15) is 4.72 Å². The highest BCUT2D eigenvalue weighted by molar-refractivity contribution is 7.89. The second kappa shape index (κ2) is 9.40. The molecule has 1 aromatic carbocycles. The summed E-state index contributed by atoms with van der Waals surface area (Å²) in [6.07, 6.45) is 1.75. The SMILES string of the molecule is CC(C)C(NS(=O)(=O)c1ccc(C#CCCCCF)cc1)C(=O)O. The molecule has 0 amide bonds. The first-order chi connectivity index (χ1) is 11.3. The average Bonchev–Trinajstić information content (AvgIpc) is 2.52.